The predicted molar refractivity (Wildman–Crippen MR) is 123 cm³/mol. The van der Waals surface area contributed by atoms with Crippen LogP contribution in [0.15, 0.2) is 57.9 Å². The van der Waals surface area contributed by atoms with Crippen molar-refractivity contribution in [3.05, 3.63) is 63.6 Å². The van der Waals surface area contributed by atoms with Crippen LogP contribution in [0.2, 0.25) is 0 Å². The first-order valence-corrected chi connectivity index (χ1v) is 10.7. The Kier molecular flexibility index (Phi) is 5.69. The van der Waals surface area contributed by atoms with Gasteiger partial charge in [0, 0.05) is 41.7 Å². The topological polar surface area (TPSA) is 66.0 Å². The molecule has 0 bridgehead atoms. The molecular formula is C22H24BrN5O. The lowest BCUT2D eigenvalue weighted by atomic mass is 10.2. The summed E-state index contributed by atoms with van der Waals surface area (Å²) in [6, 6.07) is 14.1. The first kappa shape index (κ1) is 19.7. The fraction of sp³-hybridized carbons (Fsp3) is 0.273. The highest BCUT2D eigenvalue weighted by Crippen LogP contribution is 2.27. The van der Waals surface area contributed by atoms with Gasteiger partial charge in [-0.25, -0.2) is 4.79 Å². The Balaban J connectivity index is 0.000000994. The fourth-order valence-corrected chi connectivity index (χ4v) is 4.10. The molecule has 29 heavy (non-hydrogen) atoms. The summed E-state index contributed by atoms with van der Waals surface area (Å²) in [6.07, 6.45) is 1.72. The molecular weight excluding hydrogens is 430 g/mol. The van der Waals surface area contributed by atoms with Crippen LogP contribution in [0.25, 0.3) is 27.6 Å². The summed E-state index contributed by atoms with van der Waals surface area (Å²) < 4.78 is 2.69. The number of halogens is 1. The quantitative estimate of drug-likeness (QED) is 0.480. The highest BCUT2D eigenvalue weighted by atomic mass is 79.9. The molecule has 6 nitrogen and oxygen atoms in total. The van der Waals surface area contributed by atoms with Crippen LogP contribution in [0, 0.1) is 0 Å². The van der Waals surface area contributed by atoms with Crippen LogP contribution < -0.4 is 15.9 Å². The summed E-state index contributed by atoms with van der Waals surface area (Å²) in [5.74, 6) is 0. The molecule has 0 radical (unpaired) electrons. The number of hydrogen-bond acceptors (Lipinski definition) is 4. The van der Waals surface area contributed by atoms with E-state index in [9.17, 15) is 4.79 Å². The molecule has 1 saturated heterocycles. The SMILES string of the molecule is CC.O=c1[nH]c2cnc3ccc(Br)cc3c2n1-c1ccc(N2CCNCC2)cc1. The summed E-state index contributed by atoms with van der Waals surface area (Å²) in [4.78, 5) is 22.4. The van der Waals surface area contributed by atoms with Gasteiger partial charge in [0.15, 0.2) is 0 Å². The molecule has 0 aliphatic carbocycles. The molecule has 0 unspecified atom stereocenters. The number of fused-ring (bicyclic) bond motifs is 3. The van der Waals surface area contributed by atoms with Gasteiger partial charge in [-0.05, 0) is 42.5 Å². The number of piperazine rings is 1. The van der Waals surface area contributed by atoms with Gasteiger partial charge < -0.3 is 15.2 Å². The minimum absolute atomic E-state index is 0.158. The van der Waals surface area contributed by atoms with Gasteiger partial charge in [-0.15, -0.1) is 0 Å². The lowest BCUT2D eigenvalue weighted by Gasteiger charge is -2.29. The number of benzene rings is 2. The molecule has 4 aromatic rings. The number of nitrogens with zero attached hydrogens (tertiary/aromatic N) is 3. The Morgan fingerprint density at radius 1 is 1.00 bits per heavy atom. The molecule has 3 heterocycles. The van der Waals surface area contributed by atoms with Crippen molar-refractivity contribution in [3.63, 3.8) is 0 Å². The summed E-state index contributed by atoms with van der Waals surface area (Å²) in [7, 11) is 0. The molecule has 2 aromatic carbocycles. The number of imidazole rings is 1. The van der Waals surface area contributed by atoms with Crippen LogP contribution in [0.3, 0.4) is 0 Å². The largest absolute Gasteiger partial charge is 0.369 e. The number of pyridine rings is 1. The number of nitrogens with one attached hydrogen (secondary N) is 2. The van der Waals surface area contributed by atoms with E-state index < -0.39 is 0 Å². The second-order valence-electron chi connectivity index (χ2n) is 6.70. The van der Waals surface area contributed by atoms with E-state index in [-0.39, 0.29) is 5.69 Å². The molecule has 0 spiro atoms. The van der Waals surface area contributed by atoms with E-state index in [0.29, 0.717) is 0 Å². The van der Waals surface area contributed by atoms with E-state index in [2.05, 4.69) is 48.2 Å². The zero-order valence-electron chi connectivity index (χ0n) is 16.6. The molecule has 150 valence electrons. The van der Waals surface area contributed by atoms with Crippen molar-refractivity contribution in [1.29, 1.82) is 0 Å². The third kappa shape index (κ3) is 3.68. The minimum atomic E-state index is -0.158. The highest BCUT2D eigenvalue weighted by molar-refractivity contribution is 9.10. The number of anilines is 1. The van der Waals surface area contributed by atoms with Crippen molar-refractivity contribution in [2.24, 2.45) is 0 Å². The lowest BCUT2D eigenvalue weighted by molar-refractivity contribution is 0.589. The smallest absolute Gasteiger partial charge is 0.331 e. The molecule has 7 heteroatoms. The van der Waals surface area contributed by atoms with Crippen LogP contribution in [0.4, 0.5) is 5.69 Å². The molecule has 0 atom stereocenters. The number of hydrogen-bond donors (Lipinski definition) is 2. The van der Waals surface area contributed by atoms with Crippen LogP contribution in [-0.4, -0.2) is 40.7 Å². The van der Waals surface area contributed by atoms with Crippen LogP contribution in [-0.2, 0) is 0 Å². The van der Waals surface area contributed by atoms with E-state index in [4.69, 9.17) is 0 Å². The number of H-pyrrole nitrogens is 1. The summed E-state index contributed by atoms with van der Waals surface area (Å²) >= 11 is 3.52. The minimum Gasteiger partial charge on any atom is -0.369 e. The average molecular weight is 454 g/mol. The molecule has 0 amide bonds. The van der Waals surface area contributed by atoms with E-state index in [1.54, 1.807) is 10.8 Å². The molecule has 2 aromatic heterocycles. The van der Waals surface area contributed by atoms with Gasteiger partial charge >= 0.3 is 5.69 Å². The monoisotopic (exact) mass is 453 g/mol. The van der Waals surface area contributed by atoms with Crippen LogP contribution >= 0.6 is 15.9 Å². The van der Waals surface area contributed by atoms with Gasteiger partial charge in [0.2, 0.25) is 0 Å². The number of aromatic nitrogens is 3. The Morgan fingerprint density at radius 2 is 1.69 bits per heavy atom. The van der Waals surface area contributed by atoms with Crippen molar-refractivity contribution in [1.82, 2.24) is 19.9 Å². The van der Waals surface area contributed by atoms with Gasteiger partial charge in [0.25, 0.3) is 0 Å². The van der Waals surface area contributed by atoms with Crippen molar-refractivity contribution in [2.45, 2.75) is 13.8 Å². The summed E-state index contributed by atoms with van der Waals surface area (Å²) in [6.45, 7) is 7.99. The van der Waals surface area contributed by atoms with Gasteiger partial charge in [-0.3, -0.25) is 9.55 Å². The van der Waals surface area contributed by atoms with Gasteiger partial charge in [-0.1, -0.05) is 29.8 Å². The molecule has 2 N–H and O–H groups in total. The van der Waals surface area contributed by atoms with Crippen molar-refractivity contribution in [2.75, 3.05) is 31.1 Å². The highest BCUT2D eigenvalue weighted by Gasteiger charge is 2.15. The number of rotatable bonds is 2. The lowest BCUT2D eigenvalue weighted by Crippen LogP contribution is -2.43. The standard InChI is InChI=1S/C20H18BrN5O.C2H6/c21-13-1-6-17-16(11-13)19-18(12-23-17)24-20(27)26(19)15-4-2-14(3-5-15)25-9-7-22-8-10-25;1-2/h1-6,11-12,22H,7-10H2,(H,24,27);1-2H3. The van der Waals surface area contributed by atoms with E-state index in [1.165, 1.54) is 5.69 Å². The van der Waals surface area contributed by atoms with Crippen LogP contribution in [0.5, 0.6) is 0 Å². The zero-order chi connectivity index (χ0) is 20.4. The Morgan fingerprint density at radius 3 is 2.41 bits per heavy atom. The maximum absolute atomic E-state index is 12.7. The second-order valence-corrected chi connectivity index (χ2v) is 7.62. The molecule has 5 rings (SSSR count). The summed E-state index contributed by atoms with van der Waals surface area (Å²) in [5, 5.41) is 4.30. The van der Waals surface area contributed by atoms with Crippen molar-refractivity contribution >= 4 is 43.6 Å². The summed E-state index contributed by atoms with van der Waals surface area (Å²) in [5.41, 5.74) is 4.31. The number of aromatic amines is 1. The Labute approximate surface area is 177 Å². The maximum Gasteiger partial charge on any atom is 0.331 e. The zero-order valence-corrected chi connectivity index (χ0v) is 18.2. The van der Waals surface area contributed by atoms with Crippen molar-refractivity contribution < 1.29 is 0 Å². The predicted octanol–water partition coefficient (Wildman–Crippen LogP) is 4.07. The molecule has 0 saturated carbocycles. The maximum atomic E-state index is 12.7. The normalized spacial score (nSPS) is 14.1. The molecule has 1 fully saturated rings. The molecule has 1 aliphatic heterocycles. The van der Waals surface area contributed by atoms with Crippen molar-refractivity contribution in [3.8, 4) is 5.69 Å². The molecule has 1 aliphatic rings. The van der Waals surface area contributed by atoms with E-state index in [0.717, 1.165) is 58.3 Å². The third-order valence-corrected chi connectivity index (χ3v) is 5.55. The first-order valence-electron chi connectivity index (χ1n) is 9.96. The van der Waals surface area contributed by atoms with Crippen LogP contribution in [0.1, 0.15) is 13.8 Å². The Bertz CT molecular complexity index is 1190. The van der Waals surface area contributed by atoms with Gasteiger partial charge in [0.1, 0.15) is 0 Å². The third-order valence-electron chi connectivity index (χ3n) is 5.06. The average Bonchev–Trinajstić information content (AvgIpc) is 3.12. The fourth-order valence-electron chi connectivity index (χ4n) is 3.74. The van der Waals surface area contributed by atoms with E-state index >= 15 is 0 Å². The second kappa shape index (κ2) is 8.39. The van der Waals surface area contributed by atoms with E-state index in [1.807, 2.05) is 44.2 Å². The van der Waals surface area contributed by atoms with Gasteiger partial charge in [0.05, 0.1) is 28.4 Å². The van der Waals surface area contributed by atoms with Gasteiger partial charge in [-0.2, -0.15) is 0 Å². The first-order chi connectivity index (χ1) is 14.2. The Hall–Kier alpha value is -2.64.